The number of nitrogens with one attached hydrogen (secondary N) is 2. The van der Waals surface area contributed by atoms with Crippen molar-refractivity contribution in [3.05, 3.63) is 69.5 Å². The van der Waals surface area contributed by atoms with Gasteiger partial charge >= 0.3 is 0 Å². The third-order valence-corrected chi connectivity index (χ3v) is 5.31. The SMILES string of the molecule is COc1ccccc1NC(=O)CSCc1cc(=O)c2c(C)ccc(C)c2[nH]1. The summed E-state index contributed by atoms with van der Waals surface area (Å²) >= 11 is 1.45. The number of H-pyrrole nitrogens is 1. The van der Waals surface area contributed by atoms with Crippen molar-refractivity contribution in [1.29, 1.82) is 0 Å². The monoisotopic (exact) mass is 382 g/mol. The van der Waals surface area contributed by atoms with Crippen LogP contribution in [0.15, 0.2) is 47.3 Å². The van der Waals surface area contributed by atoms with Crippen LogP contribution in [0.1, 0.15) is 16.8 Å². The lowest BCUT2D eigenvalue weighted by molar-refractivity contribution is -0.113. The second-order valence-electron chi connectivity index (χ2n) is 6.35. The Balaban J connectivity index is 1.66. The molecule has 2 aromatic carbocycles. The highest BCUT2D eigenvalue weighted by atomic mass is 32.2. The van der Waals surface area contributed by atoms with E-state index in [9.17, 15) is 9.59 Å². The lowest BCUT2D eigenvalue weighted by Crippen LogP contribution is -2.15. The number of carbonyl (C=O) groups is 1. The Morgan fingerprint density at radius 2 is 1.89 bits per heavy atom. The molecule has 0 atom stereocenters. The van der Waals surface area contributed by atoms with E-state index in [1.807, 2.05) is 38.1 Å². The molecule has 0 fully saturated rings. The third-order valence-electron chi connectivity index (χ3n) is 4.33. The van der Waals surface area contributed by atoms with Crippen molar-refractivity contribution in [3.8, 4) is 5.75 Å². The summed E-state index contributed by atoms with van der Waals surface area (Å²) in [6.07, 6.45) is 0. The third kappa shape index (κ3) is 4.34. The number of carbonyl (C=O) groups excluding carboxylic acids is 1. The average molecular weight is 382 g/mol. The van der Waals surface area contributed by atoms with Crippen LogP contribution in [0.4, 0.5) is 5.69 Å². The van der Waals surface area contributed by atoms with Gasteiger partial charge in [0.25, 0.3) is 0 Å². The van der Waals surface area contributed by atoms with Gasteiger partial charge in [-0.3, -0.25) is 9.59 Å². The van der Waals surface area contributed by atoms with Crippen molar-refractivity contribution in [3.63, 3.8) is 0 Å². The van der Waals surface area contributed by atoms with Crippen LogP contribution in [0, 0.1) is 13.8 Å². The molecule has 0 unspecified atom stereocenters. The topological polar surface area (TPSA) is 71.2 Å². The van der Waals surface area contributed by atoms with Gasteiger partial charge in [0, 0.05) is 22.9 Å². The Morgan fingerprint density at radius 3 is 2.67 bits per heavy atom. The molecule has 3 aromatic rings. The highest BCUT2D eigenvalue weighted by Crippen LogP contribution is 2.23. The maximum absolute atomic E-state index is 12.5. The molecule has 3 rings (SSSR count). The molecule has 140 valence electrons. The number of fused-ring (bicyclic) bond motifs is 1. The maximum Gasteiger partial charge on any atom is 0.234 e. The number of amides is 1. The van der Waals surface area contributed by atoms with E-state index >= 15 is 0 Å². The normalized spacial score (nSPS) is 10.8. The van der Waals surface area contributed by atoms with Crippen LogP contribution in [-0.2, 0) is 10.5 Å². The van der Waals surface area contributed by atoms with Gasteiger partial charge in [0.1, 0.15) is 5.75 Å². The predicted octanol–water partition coefficient (Wildman–Crippen LogP) is 4.03. The number of aromatic amines is 1. The number of hydrogen-bond donors (Lipinski definition) is 2. The van der Waals surface area contributed by atoms with E-state index in [1.54, 1.807) is 25.3 Å². The molecule has 0 saturated carbocycles. The van der Waals surface area contributed by atoms with Gasteiger partial charge < -0.3 is 15.0 Å². The van der Waals surface area contributed by atoms with Gasteiger partial charge in [-0.05, 0) is 37.1 Å². The number of para-hydroxylation sites is 2. The van der Waals surface area contributed by atoms with Gasteiger partial charge in [0.15, 0.2) is 5.43 Å². The Hall–Kier alpha value is -2.73. The zero-order valence-electron chi connectivity index (χ0n) is 15.6. The van der Waals surface area contributed by atoms with E-state index < -0.39 is 0 Å². The number of pyridine rings is 1. The molecule has 1 heterocycles. The Bertz CT molecular complexity index is 1040. The first-order valence-corrected chi connectivity index (χ1v) is 9.78. The largest absolute Gasteiger partial charge is 0.495 e. The fraction of sp³-hybridized carbons (Fsp3) is 0.238. The molecule has 6 heteroatoms. The number of aromatic nitrogens is 1. The minimum atomic E-state index is -0.111. The van der Waals surface area contributed by atoms with Crippen molar-refractivity contribution in [2.24, 2.45) is 0 Å². The molecule has 0 spiro atoms. The second-order valence-corrected chi connectivity index (χ2v) is 7.34. The van der Waals surface area contributed by atoms with E-state index in [0.717, 1.165) is 27.7 Å². The standard InChI is InChI=1S/C21H22N2O3S/c1-13-8-9-14(2)21-20(13)17(24)10-15(22-21)11-27-12-19(25)23-16-6-4-5-7-18(16)26-3/h4-10H,11-12H2,1-3H3,(H,22,24)(H,23,25). The lowest BCUT2D eigenvalue weighted by atomic mass is 10.0. The number of anilines is 1. The number of aryl methyl sites for hydroxylation is 2. The number of methoxy groups -OCH3 is 1. The number of thioether (sulfide) groups is 1. The van der Waals surface area contributed by atoms with Crippen LogP contribution in [0.3, 0.4) is 0 Å². The van der Waals surface area contributed by atoms with Crippen molar-refractivity contribution in [2.45, 2.75) is 19.6 Å². The molecule has 0 aliphatic carbocycles. The highest BCUT2D eigenvalue weighted by molar-refractivity contribution is 7.99. The maximum atomic E-state index is 12.5. The molecule has 0 radical (unpaired) electrons. The number of rotatable bonds is 6. The van der Waals surface area contributed by atoms with Crippen LogP contribution in [-0.4, -0.2) is 23.8 Å². The molecule has 0 aliphatic rings. The van der Waals surface area contributed by atoms with Crippen LogP contribution in [0.5, 0.6) is 5.75 Å². The zero-order chi connectivity index (χ0) is 19.4. The summed E-state index contributed by atoms with van der Waals surface area (Å²) in [4.78, 5) is 28.0. The number of benzene rings is 2. The molecule has 0 aliphatic heterocycles. The molecule has 2 N–H and O–H groups in total. The smallest absolute Gasteiger partial charge is 0.234 e. The summed E-state index contributed by atoms with van der Waals surface area (Å²) in [6, 6.07) is 12.9. The van der Waals surface area contributed by atoms with E-state index in [0.29, 0.717) is 17.2 Å². The van der Waals surface area contributed by atoms with E-state index in [1.165, 1.54) is 11.8 Å². The molecule has 0 bridgehead atoms. The summed E-state index contributed by atoms with van der Waals surface area (Å²) in [7, 11) is 1.57. The molecule has 1 amide bonds. The van der Waals surface area contributed by atoms with Crippen LogP contribution in [0.2, 0.25) is 0 Å². The minimum Gasteiger partial charge on any atom is -0.495 e. The fourth-order valence-corrected chi connectivity index (χ4v) is 3.72. The fourth-order valence-electron chi connectivity index (χ4n) is 2.98. The quantitative estimate of drug-likeness (QED) is 0.675. The Labute approximate surface area is 162 Å². The summed E-state index contributed by atoms with van der Waals surface area (Å²) in [6.45, 7) is 3.92. The van der Waals surface area contributed by atoms with Gasteiger partial charge in [-0.1, -0.05) is 24.3 Å². The van der Waals surface area contributed by atoms with Crippen LogP contribution >= 0.6 is 11.8 Å². The molecular formula is C21H22N2O3S. The van der Waals surface area contributed by atoms with Crippen LogP contribution < -0.4 is 15.5 Å². The van der Waals surface area contributed by atoms with Crippen molar-refractivity contribution in [1.82, 2.24) is 4.98 Å². The van der Waals surface area contributed by atoms with E-state index in [4.69, 9.17) is 4.74 Å². The van der Waals surface area contributed by atoms with Crippen LogP contribution in [0.25, 0.3) is 10.9 Å². The van der Waals surface area contributed by atoms with E-state index in [2.05, 4.69) is 10.3 Å². The van der Waals surface area contributed by atoms with Gasteiger partial charge in [0.2, 0.25) is 5.91 Å². The Morgan fingerprint density at radius 1 is 1.15 bits per heavy atom. The van der Waals surface area contributed by atoms with Gasteiger partial charge in [-0.25, -0.2) is 0 Å². The lowest BCUT2D eigenvalue weighted by Gasteiger charge is -2.10. The summed E-state index contributed by atoms with van der Waals surface area (Å²) in [5.74, 6) is 1.35. The van der Waals surface area contributed by atoms with Crippen molar-refractivity contribution < 1.29 is 9.53 Å². The van der Waals surface area contributed by atoms with Gasteiger partial charge in [-0.2, -0.15) is 0 Å². The summed E-state index contributed by atoms with van der Waals surface area (Å²) < 4.78 is 5.23. The number of hydrogen-bond acceptors (Lipinski definition) is 4. The first-order valence-electron chi connectivity index (χ1n) is 8.62. The highest BCUT2D eigenvalue weighted by Gasteiger charge is 2.10. The van der Waals surface area contributed by atoms with E-state index in [-0.39, 0.29) is 17.1 Å². The zero-order valence-corrected chi connectivity index (χ0v) is 16.4. The molecule has 27 heavy (non-hydrogen) atoms. The average Bonchev–Trinajstić information content (AvgIpc) is 2.65. The Kier molecular flexibility index (Phi) is 5.86. The molecule has 0 saturated heterocycles. The molecule has 1 aromatic heterocycles. The predicted molar refractivity (Wildman–Crippen MR) is 112 cm³/mol. The van der Waals surface area contributed by atoms with Gasteiger partial charge in [0.05, 0.1) is 24.1 Å². The summed E-state index contributed by atoms with van der Waals surface area (Å²) in [5.41, 5.74) is 4.35. The van der Waals surface area contributed by atoms with Gasteiger partial charge in [-0.15, -0.1) is 11.8 Å². The summed E-state index contributed by atoms with van der Waals surface area (Å²) in [5, 5.41) is 3.58. The number of ether oxygens (including phenoxy) is 1. The van der Waals surface area contributed by atoms with Crippen molar-refractivity contribution >= 4 is 34.3 Å². The van der Waals surface area contributed by atoms with Crippen molar-refractivity contribution in [2.75, 3.05) is 18.2 Å². The minimum absolute atomic E-state index is 0.0130. The molecule has 5 nitrogen and oxygen atoms in total. The first-order chi connectivity index (χ1) is 13.0. The molecular weight excluding hydrogens is 360 g/mol. The second kappa shape index (κ2) is 8.31. The first kappa shape index (κ1) is 19.0.